The number of carbonyl (C=O) groups excluding carboxylic acids is 6. The molecule has 5 amide bonds. The van der Waals surface area contributed by atoms with E-state index >= 15 is 0 Å². The number of primary amides is 1. The number of nitrogens with zero attached hydrogens (tertiary/aromatic N) is 1. The molecule has 0 aromatic rings. The molecule has 4 rings (SSSR count). The van der Waals surface area contributed by atoms with Crippen LogP contribution in [-0.2, 0) is 24.0 Å². The van der Waals surface area contributed by atoms with Crippen molar-refractivity contribution in [3.05, 3.63) is 0 Å². The lowest BCUT2D eigenvalue weighted by molar-refractivity contribution is -0.144. The van der Waals surface area contributed by atoms with Gasteiger partial charge in [0.25, 0.3) is 5.91 Å². The van der Waals surface area contributed by atoms with Gasteiger partial charge in [-0.15, -0.1) is 0 Å². The molecule has 0 aromatic heterocycles. The van der Waals surface area contributed by atoms with Crippen LogP contribution in [0.4, 0.5) is 4.79 Å². The first kappa shape index (κ1) is 34.9. The first-order chi connectivity index (χ1) is 21.1. The van der Waals surface area contributed by atoms with Crippen molar-refractivity contribution in [1.29, 1.82) is 0 Å². The van der Waals surface area contributed by atoms with Crippen molar-refractivity contribution in [2.75, 3.05) is 6.54 Å². The second-order valence-electron chi connectivity index (χ2n) is 15.8. The van der Waals surface area contributed by atoms with E-state index in [1.54, 1.807) is 4.90 Å². The summed E-state index contributed by atoms with van der Waals surface area (Å²) >= 11 is 0. The van der Waals surface area contributed by atoms with Crippen LogP contribution >= 0.6 is 0 Å². The van der Waals surface area contributed by atoms with Crippen LogP contribution < -0.4 is 21.7 Å². The van der Waals surface area contributed by atoms with Crippen LogP contribution in [0.1, 0.15) is 118 Å². The van der Waals surface area contributed by atoms with Crippen molar-refractivity contribution in [2.24, 2.45) is 34.8 Å². The predicted molar refractivity (Wildman–Crippen MR) is 170 cm³/mol. The number of urea groups is 1. The zero-order chi connectivity index (χ0) is 33.1. The topological polar surface area (TPSA) is 168 Å². The minimum absolute atomic E-state index is 0.108. The van der Waals surface area contributed by atoms with Crippen molar-refractivity contribution >= 4 is 35.3 Å². The number of rotatable bonds is 14. The van der Waals surface area contributed by atoms with Gasteiger partial charge < -0.3 is 26.6 Å². The molecule has 252 valence electrons. The lowest BCUT2D eigenvalue weighted by atomic mass is 9.77. The summed E-state index contributed by atoms with van der Waals surface area (Å²) in [5, 5.41) is 8.88. The SMILES string of the molecule is CC(C)C[C@H]1CCN(C(=O)[C@@H](NC(=O)NC2(CC(=O)C3CC3)CCCCC2)C(C)(C)C)[C@@H]1C(=O)NC(CC1CC1)C(=O)C(N)=O. The first-order valence-electron chi connectivity index (χ1n) is 17.2. The largest absolute Gasteiger partial charge is 0.363 e. The van der Waals surface area contributed by atoms with Crippen molar-refractivity contribution in [1.82, 2.24) is 20.9 Å². The third kappa shape index (κ3) is 9.28. The van der Waals surface area contributed by atoms with Crippen LogP contribution in [0.5, 0.6) is 0 Å². The minimum Gasteiger partial charge on any atom is -0.363 e. The molecule has 4 fully saturated rings. The second-order valence-corrected chi connectivity index (χ2v) is 15.8. The Kier molecular flexibility index (Phi) is 11.0. The quantitative estimate of drug-likeness (QED) is 0.215. The molecule has 0 spiro atoms. The Hall–Kier alpha value is -2.98. The highest BCUT2D eigenvalue weighted by atomic mass is 16.2. The molecule has 45 heavy (non-hydrogen) atoms. The van der Waals surface area contributed by atoms with Gasteiger partial charge >= 0.3 is 6.03 Å². The van der Waals surface area contributed by atoms with Gasteiger partial charge in [0.2, 0.25) is 17.6 Å². The van der Waals surface area contributed by atoms with Crippen molar-refractivity contribution in [2.45, 2.75) is 142 Å². The van der Waals surface area contributed by atoms with Gasteiger partial charge in [0.1, 0.15) is 17.9 Å². The van der Waals surface area contributed by atoms with Crippen LogP contribution in [0.15, 0.2) is 0 Å². The van der Waals surface area contributed by atoms with E-state index in [2.05, 4.69) is 29.8 Å². The van der Waals surface area contributed by atoms with E-state index in [9.17, 15) is 28.8 Å². The number of carbonyl (C=O) groups is 6. The van der Waals surface area contributed by atoms with Gasteiger partial charge in [-0.3, -0.25) is 24.0 Å². The van der Waals surface area contributed by atoms with Crippen molar-refractivity contribution in [3.63, 3.8) is 0 Å². The number of nitrogens with two attached hydrogens (primary N) is 1. The summed E-state index contributed by atoms with van der Waals surface area (Å²) < 4.78 is 0. The fourth-order valence-corrected chi connectivity index (χ4v) is 7.34. The highest BCUT2D eigenvalue weighted by Gasteiger charge is 2.48. The number of hydrogen-bond donors (Lipinski definition) is 4. The highest BCUT2D eigenvalue weighted by Crippen LogP contribution is 2.38. The van der Waals surface area contributed by atoms with Gasteiger partial charge in [-0.2, -0.15) is 0 Å². The van der Waals surface area contributed by atoms with Gasteiger partial charge in [0, 0.05) is 24.4 Å². The van der Waals surface area contributed by atoms with Gasteiger partial charge in [-0.05, 0) is 68.1 Å². The third-order valence-electron chi connectivity index (χ3n) is 10.1. The maximum Gasteiger partial charge on any atom is 0.315 e. The van der Waals surface area contributed by atoms with Crippen molar-refractivity contribution < 1.29 is 28.8 Å². The Morgan fingerprint density at radius 1 is 0.889 bits per heavy atom. The predicted octanol–water partition coefficient (Wildman–Crippen LogP) is 3.37. The molecule has 4 aliphatic rings. The van der Waals surface area contributed by atoms with E-state index in [0.29, 0.717) is 32.2 Å². The second kappa shape index (κ2) is 14.2. The summed E-state index contributed by atoms with van der Waals surface area (Å²) in [6.07, 6.45) is 10.0. The lowest BCUT2D eigenvalue weighted by Gasteiger charge is -2.40. The Morgan fingerprint density at radius 3 is 2.07 bits per heavy atom. The molecule has 3 saturated carbocycles. The summed E-state index contributed by atoms with van der Waals surface area (Å²) in [5.74, 6) is -2.05. The van der Waals surface area contributed by atoms with E-state index in [4.69, 9.17) is 5.73 Å². The number of nitrogens with one attached hydrogen (secondary N) is 3. The molecule has 1 aliphatic heterocycles. The van der Waals surface area contributed by atoms with Crippen LogP contribution in [0, 0.1) is 29.1 Å². The Morgan fingerprint density at radius 2 is 1.53 bits per heavy atom. The van der Waals surface area contributed by atoms with Crippen LogP contribution in [0.25, 0.3) is 0 Å². The van der Waals surface area contributed by atoms with E-state index in [1.165, 1.54) is 0 Å². The number of ketones is 2. The molecule has 4 atom stereocenters. The first-order valence-corrected chi connectivity index (χ1v) is 17.2. The highest BCUT2D eigenvalue weighted by molar-refractivity contribution is 6.37. The third-order valence-corrected chi connectivity index (χ3v) is 10.1. The minimum atomic E-state index is -1.09. The Balaban J connectivity index is 1.53. The molecule has 1 heterocycles. The number of hydrogen-bond acceptors (Lipinski definition) is 6. The average molecular weight is 630 g/mol. The molecule has 11 heteroatoms. The summed E-state index contributed by atoms with van der Waals surface area (Å²) in [6, 6.07) is -3.30. The summed E-state index contributed by atoms with van der Waals surface area (Å²) in [7, 11) is 0. The average Bonchev–Trinajstić information content (AvgIpc) is 3.88. The normalized spacial score (nSPS) is 24.4. The molecular weight excluding hydrogens is 574 g/mol. The Bertz CT molecular complexity index is 1150. The molecule has 11 nitrogen and oxygen atoms in total. The molecule has 0 radical (unpaired) electrons. The number of amides is 5. The number of Topliss-reactive ketones (excluding diaryl/α,β-unsaturated/α-hetero) is 2. The summed E-state index contributed by atoms with van der Waals surface area (Å²) in [4.78, 5) is 80.7. The van der Waals surface area contributed by atoms with Crippen LogP contribution in [-0.4, -0.2) is 70.4 Å². The van der Waals surface area contributed by atoms with E-state index in [-0.39, 0.29) is 35.4 Å². The lowest BCUT2D eigenvalue weighted by Crippen LogP contribution is -2.62. The fourth-order valence-electron chi connectivity index (χ4n) is 7.34. The summed E-state index contributed by atoms with van der Waals surface area (Å²) in [6.45, 7) is 10.1. The van der Waals surface area contributed by atoms with Gasteiger partial charge in [0.15, 0.2) is 0 Å². The van der Waals surface area contributed by atoms with Crippen LogP contribution in [0.2, 0.25) is 0 Å². The van der Waals surface area contributed by atoms with Crippen LogP contribution in [0.3, 0.4) is 0 Å². The molecule has 1 unspecified atom stereocenters. The molecule has 5 N–H and O–H groups in total. The molecule has 1 saturated heterocycles. The Labute approximate surface area is 267 Å². The fraction of sp³-hybridized carbons (Fsp3) is 0.824. The van der Waals surface area contributed by atoms with Gasteiger partial charge in [0.05, 0.1) is 6.04 Å². The van der Waals surface area contributed by atoms with E-state index in [1.807, 2.05) is 20.8 Å². The standard InChI is InChI=1S/C34H55N5O6/c1-20(2)17-23-13-16-39(26(23)30(43)36-24(18-21-9-10-21)27(41)29(35)42)31(44)28(33(3,4)5)37-32(45)38-34(14-7-6-8-15-34)19-25(40)22-11-12-22/h20-24,26,28H,6-19H2,1-5H3,(H2,35,42)(H,36,43)(H2,37,38,45)/t23-,24?,26+,28-/m1/s1. The van der Waals surface area contributed by atoms with Gasteiger partial charge in [-0.1, -0.05) is 66.7 Å². The zero-order valence-electron chi connectivity index (χ0n) is 27.9. The molecule has 0 aromatic carbocycles. The zero-order valence-corrected chi connectivity index (χ0v) is 27.9. The molecule has 3 aliphatic carbocycles. The van der Waals surface area contributed by atoms with E-state index in [0.717, 1.165) is 57.8 Å². The molecule has 0 bridgehead atoms. The monoisotopic (exact) mass is 629 g/mol. The smallest absolute Gasteiger partial charge is 0.315 e. The maximum atomic E-state index is 14.3. The van der Waals surface area contributed by atoms with Gasteiger partial charge in [-0.25, -0.2) is 4.79 Å². The van der Waals surface area contributed by atoms with E-state index < -0.39 is 52.7 Å². The van der Waals surface area contributed by atoms with Crippen molar-refractivity contribution in [3.8, 4) is 0 Å². The number of likely N-dealkylation sites (tertiary alicyclic amines) is 1. The summed E-state index contributed by atoms with van der Waals surface area (Å²) in [5.41, 5.74) is 4.01. The maximum absolute atomic E-state index is 14.3. The molecular formula is C34H55N5O6.